The average molecular weight is 217 g/mol. The summed E-state index contributed by atoms with van der Waals surface area (Å²) in [6.45, 7) is 12.3. The molecule has 3 heteroatoms. The molecule has 0 aliphatic heterocycles. The second-order valence-electron chi connectivity index (χ2n) is 4.84. The molecule has 0 bridgehead atoms. The van der Waals surface area contributed by atoms with Gasteiger partial charge in [0.05, 0.1) is 12.2 Å². The molecule has 0 aromatic heterocycles. The van der Waals surface area contributed by atoms with Crippen LogP contribution in [0.25, 0.3) is 0 Å². The Morgan fingerprint density at radius 1 is 0.933 bits per heavy atom. The minimum Gasteiger partial charge on any atom is -0.390 e. The summed E-state index contributed by atoms with van der Waals surface area (Å²) in [4.78, 5) is 2.23. The molecule has 0 radical (unpaired) electrons. The smallest absolute Gasteiger partial charge is 0.0951 e. The van der Waals surface area contributed by atoms with Gasteiger partial charge in [-0.1, -0.05) is 6.92 Å². The van der Waals surface area contributed by atoms with E-state index < -0.39 is 12.2 Å². The Bertz CT molecular complexity index is 163. The van der Waals surface area contributed by atoms with Crippen molar-refractivity contribution in [2.45, 2.75) is 78.3 Å². The van der Waals surface area contributed by atoms with Crippen LogP contribution in [-0.2, 0) is 0 Å². The second kappa shape index (κ2) is 6.46. The van der Waals surface area contributed by atoms with E-state index in [2.05, 4.69) is 32.6 Å². The van der Waals surface area contributed by atoms with Crippen LogP contribution in [0.3, 0.4) is 0 Å². The van der Waals surface area contributed by atoms with Gasteiger partial charge in [0, 0.05) is 18.1 Å². The van der Waals surface area contributed by atoms with Crippen molar-refractivity contribution in [1.29, 1.82) is 0 Å². The molecule has 3 nitrogen and oxygen atoms in total. The first kappa shape index (κ1) is 14.9. The van der Waals surface area contributed by atoms with E-state index in [1.807, 2.05) is 13.8 Å². The Labute approximate surface area is 94.1 Å². The van der Waals surface area contributed by atoms with Crippen LogP contribution in [-0.4, -0.2) is 45.4 Å². The predicted molar refractivity (Wildman–Crippen MR) is 63.9 cm³/mol. The molecule has 92 valence electrons. The van der Waals surface area contributed by atoms with Crippen molar-refractivity contribution in [1.82, 2.24) is 4.90 Å². The van der Waals surface area contributed by atoms with E-state index in [4.69, 9.17) is 0 Å². The Hall–Kier alpha value is -0.120. The van der Waals surface area contributed by atoms with Gasteiger partial charge in [0.15, 0.2) is 0 Å². The van der Waals surface area contributed by atoms with Gasteiger partial charge in [-0.2, -0.15) is 0 Å². The highest BCUT2D eigenvalue weighted by molar-refractivity contribution is 4.83. The average Bonchev–Trinajstić information content (AvgIpc) is 2.14. The summed E-state index contributed by atoms with van der Waals surface area (Å²) in [5.74, 6) is 0. The Balaban J connectivity index is 4.55. The lowest BCUT2D eigenvalue weighted by molar-refractivity contribution is -0.0502. The van der Waals surface area contributed by atoms with Crippen LogP contribution >= 0.6 is 0 Å². The summed E-state index contributed by atoms with van der Waals surface area (Å²) in [5, 5.41) is 19.6. The molecule has 0 saturated heterocycles. The molecular formula is C12H27NO2. The number of aliphatic hydroxyl groups excluding tert-OH is 2. The zero-order valence-electron chi connectivity index (χ0n) is 10.9. The fourth-order valence-corrected chi connectivity index (χ4v) is 2.28. The topological polar surface area (TPSA) is 43.7 Å². The highest BCUT2D eigenvalue weighted by Crippen LogP contribution is 2.16. The Kier molecular flexibility index (Phi) is 6.41. The van der Waals surface area contributed by atoms with Crippen molar-refractivity contribution in [2.75, 3.05) is 0 Å². The third kappa shape index (κ3) is 4.09. The van der Waals surface area contributed by atoms with Gasteiger partial charge in [-0.15, -0.1) is 0 Å². The van der Waals surface area contributed by atoms with E-state index in [1.54, 1.807) is 0 Å². The maximum absolute atomic E-state index is 9.96. The minimum absolute atomic E-state index is 0.0139. The van der Waals surface area contributed by atoms with Crippen LogP contribution in [0.5, 0.6) is 0 Å². The van der Waals surface area contributed by atoms with Crippen LogP contribution in [0.15, 0.2) is 0 Å². The van der Waals surface area contributed by atoms with E-state index in [0.717, 1.165) is 0 Å². The van der Waals surface area contributed by atoms with Gasteiger partial charge in [0.25, 0.3) is 0 Å². The van der Waals surface area contributed by atoms with E-state index in [-0.39, 0.29) is 6.04 Å². The van der Waals surface area contributed by atoms with Crippen LogP contribution in [0, 0.1) is 0 Å². The molecular weight excluding hydrogens is 190 g/mol. The molecule has 0 spiro atoms. The van der Waals surface area contributed by atoms with Gasteiger partial charge in [0.1, 0.15) is 0 Å². The molecule has 0 aliphatic rings. The van der Waals surface area contributed by atoms with Crippen molar-refractivity contribution in [3.05, 3.63) is 0 Å². The van der Waals surface area contributed by atoms with E-state index in [0.29, 0.717) is 18.5 Å². The molecule has 0 amide bonds. The zero-order valence-corrected chi connectivity index (χ0v) is 10.9. The highest BCUT2D eigenvalue weighted by atomic mass is 16.3. The Morgan fingerprint density at radius 2 is 1.33 bits per heavy atom. The van der Waals surface area contributed by atoms with Crippen LogP contribution in [0.2, 0.25) is 0 Å². The maximum Gasteiger partial charge on any atom is 0.0951 e. The summed E-state index contributed by atoms with van der Waals surface area (Å²) in [7, 11) is 0. The molecule has 3 unspecified atom stereocenters. The molecule has 0 heterocycles. The number of nitrogens with zero attached hydrogens (tertiary/aromatic N) is 1. The first-order chi connectivity index (χ1) is 6.82. The summed E-state index contributed by atoms with van der Waals surface area (Å²) < 4.78 is 0. The van der Waals surface area contributed by atoms with E-state index in [1.165, 1.54) is 0 Å². The van der Waals surface area contributed by atoms with Gasteiger partial charge in [-0.3, -0.25) is 4.90 Å². The summed E-state index contributed by atoms with van der Waals surface area (Å²) >= 11 is 0. The summed E-state index contributed by atoms with van der Waals surface area (Å²) in [6, 6.07) is 0.734. The van der Waals surface area contributed by atoms with Crippen molar-refractivity contribution in [3.63, 3.8) is 0 Å². The summed E-state index contributed by atoms with van der Waals surface area (Å²) in [6.07, 6.45) is -0.699. The maximum atomic E-state index is 9.96. The quantitative estimate of drug-likeness (QED) is 0.710. The third-order valence-electron chi connectivity index (χ3n) is 2.97. The standard InChI is InChI=1S/C12H27NO2/c1-7-11(14)12(15)10(6)13(8(2)3)9(4)5/h8-12,14-15H,7H2,1-6H3. The van der Waals surface area contributed by atoms with Gasteiger partial charge in [-0.25, -0.2) is 0 Å². The predicted octanol–water partition coefficient (Wildman–Crippen LogP) is 1.63. The van der Waals surface area contributed by atoms with Crippen molar-refractivity contribution >= 4 is 0 Å². The van der Waals surface area contributed by atoms with E-state index >= 15 is 0 Å². The SMILES string of the molecule is CCC(O)C(O)C(C)N(C(C)C)C(C)C. The van der Waals surface area contributed by atoms with Gasteiger partial charge in [-0.05, 0) is 41.0 Å². The van der Waals surface area contributed by atoms with Crippen LogP contribution < -0.4 is 0 Å². The number of aliphatic hydroxyl groups is 2. The first-order valence-electron chi connectivity index (χ1n) is 5.96. The normalized spacial score (nSPS) is 18.6. The molecule has 15 heavy (non-hydrogen) atoms. The van der Waals surface area contributed by atoms with Crippen molar-refractivity contribution in [2.24, 2.45) is 0 Å². The molecule has 0 aliphatic carbocycles. The second-order valence-corrected chi connectivity index (χ2v) is 4.84. The lowest BCUT2D eigenvalue weighted by atomic mass is 10.0. The highest BCUT2D eigenvalue weighted by Gasteiger charge is 2.29. The van der Waals surface area contributed by atoms with Crippen LogP contribution in [0.4, 0.5) is 0 Å². The van der Waals surface area contributed by atoms with Gasteiger partial charge < -0.3 is 10.2 Å². The third-order valence-corrected chi connectivity index (χ3v) is 2.97. The molecule has 2 N–H and O–H groups in total. The zero-order chi connectivity index (χ0) is 12.2. The van der Waals surface area contributed by atoms with Crippen molar-refractivity contribution < 1.29 is 10.2 Å². The number of rotatable bonds is 6. The summed E-state index contributed by atoms with van der Waals surface area (Å²) in [5.41, 5.74) is 0. The minimum atomic E-state index is -0.667. The number of hydrogen-bond acceptors (Lipinski definition) is 3. The molecule has 0 saturated carbocycles. The molecule has 0 rings (SSSR count). The van der Waals surface area contributed by atoms with Gasteiger partial charge >= 0.3 is 0 Å². The van der Waals surface area contributed by atoms with Gasteiger partial charge in [0.2, 0.25) is 0 Å². The fourth-order valence-electron chi connectivity index (χ4n) is 2.28. The molecule has 0 fully saturated rings. The first-order valence-corrected chi connectivity index (χ1v) is 5.96. The van der Waals surface area contributed by atoms with Crippen LogP contribution in [0.1, 0.15) is 48.0 Å². The number of hydrogen-bond donors (Lipinski definition) is 2. The largest absolute Gasteiger partial charge is 0.390 e. The molecule has 0 aromatic carbocycles. The lowest BCUT2D eigenvalue weighted by Crippen LogP contribution is -2.52. The molecule has 3 atom stereocenters. The Morgan fingerprint density at radius 3 is 1.60 bits per heavy atom. The lowest BCUT2D eigenvalue weighted by Gasteiger charge is -2.39. The monoisotopic (exact) mass is 217 g/mol. The van der Waals surface area contributed by atoms with Crippen molar-refractivity contribution in [3.8, 4) is 0 Å². The van der Waals surface area contributed by atoms with E-state index in [9.17, 15) is 10.2 Å². The fraction of sp³-hybridized carbons (Fsp3) is 1.00. The molecule has 0 aromatic rings.